The predicted molar refractivity (Wildman–Crippen MR) is 97.6 cm³/mol. The van der Waals surface area contributed by atoms with Crippen LogP contribution in [0.5, 0.6) is 0 Å². The van der Waals surface area contributed by atoms with E-state index in [-0.39, 0.29) is 28.4 Å². The van der Waals surface area contributed by atoms with Crippen molar-refractivity contribution in [3.63, 3.8) is 0 Å². The Balaban J connectivity index is 0.00000169. The van der Waals surface area contributed by atoms with Crippen LogP contribution in [-0.2, 0) is 5.41 Å². The highest BCUT2D eigenvalue weighted by atomic mass is 35.5. The normalized spacial score (nSPS) is 18.1. The summed E-state index contributed by atoms with van der Waals surface area (Å²) < 4.78 is 0. The molecule has 2 aromatic carbocycles. The molecule has 6 heteroatoms. The molecule has 24 heavy (non-hydrogen) atoms. The van der Waals surface area contributed by atoms with Crippen molar-refractivity contribution < 1.29 is 4.92 Å². The van der Waals surface area contributed by atoms with Crippen LogP contribution in [0.4, 0.5) is 17.1 Å². The van der Waals surface area contributed by atoms with Crippen molar-refractivity contribution in [1.82, 2.24) is 5.32 Å². The van der Waals surface area contributed by atoms with Gasteiger partial charge in [-0.2, -0.15) is 0 Å². The zero-order valence-electron chi connectivity index (χ0n) is 13.3. The number of rotatable bonds is 2. The molecule has 4 rings (SSSR count). The maximum atomic E-state index is 11.4. The molecular weight excluding hydrogens is 326 g/mol. The van der Waals surface area contributed by atoms with Crippen LogP contribution in [0.2, 0.25) is 0 Å². The van der Waals surface area contributed by atoms with Gasteiger partial charge >= 0.3 is 0 Å². The number of nitrogens with one attached hydrogen (secondary N) is 1. The van der Waals surface area contributed by atoms with Crippen molar-refractivity contribution in [1.29, 1.82) is 0 Å². The Morgan fingerprint density at radius 1 is 1.00 bits per heavy atom. The summed E-state index contributed by atoms with van der Waals surface area (Å²) in [5.74, 6) is 0. The molecule has 0 unspecified atom stereocenters. The minimum absolute atomic E-state index is 0. The molecule has 1 N–H and O–H groups in total. The van der Waals surface area contributed by atoms with Crippen LogP contribution in [0.15, 0.2) is 48.5 Å². The van der Waals surface area contributed by atoms with Crippen LogP contribution in [0.25, 0.3) is 0 Å². The fourth-order valence-electron chi connectivity index (χ4n) is 4.02. The number of piperidine rings is 1. The third-order valence-corrected chi connectivity index (χ3v) is 5.16. The van der Waals surface area contributed by atoms with E-state index < -0.39 is 0 Å². The van der Waals surface area contributed by atoms with Crippen LogP contribution in [0.1, 0.15) is 18.4 Å². The maximum Gasteiger partial charge on any atom is 0.292 e. The second-order valence-corrected chi connectivity index (χ2v) is 6.38. The highest BCUT2D eigenvalue weighted by Crippen LogP contribution is 2.50. The summed E-state index contributed by atoms with van der Waals surface area (Å²) in [4.78, 5) is 13.3. The summed E-state index contributed by atoms with van der Waals surface area (Å²) in [7, 11) is 0. The van der Waals surface area contributed by atoms with E-state index in [9.17, 15) is 10.1 Å². The van der Waals surface area contributed by atoms with Gasteiger partial charge in [-0.3, -0.25) is 10.1 Å². The van der Waals surface area contributed by atoms with Gasteiger partial charge in [0.15, 0.2) is 0 Å². The SMILES string of the molecule is Cl.O=[N+]([O-])c1ccccc1N1CC2(CCNCC2)c2ccccc21. The molecule has 2 aromatic rings. The van der Waals surface area contributed by atoms with Crippen LogP contribution >= 0.6 is 12.4 Å². The number of benzene rings is 2. The first kappa shape index (κ1) is 16.7. The molecule has 1 saturated heterocycles. The van der Waals surface area contributed by atoms with E-state index in [0.717, 1.165) is 38.2 Å². The standard InChI is InChI=1S/C18H19N3O2.ClH/c22-21(23)17-8-4-3-7-16(17)20-13-18(9-11-19-12-10-18)14-5-1-2-6-15(14)20;/h1-8,19H,9-13H2;1H. The Morgan fingerprint density at radius 2 is 1.62 bits per heavy atom. The predicted octanol–water partition coefficient (Wildman–Crippen LogP) is 3.79. The molecule has 0 saturated carbocycles. The van der Waals surface area contributed by atoms with E-state index in [1.165, 1.54) is 5.56 Å². The average molecular weight is 346 g/mol. The Bertz CT molecular complexity index is 759. The van der Waals surface area contributed by atoms with Gasteiger partial charge < -0.3 is 10.2 Å². The zero-order chi connectivity index (χ0) is 15.9. The molecule has 126 valence electrons. The molecular formula is C18H20ClN3O2. The third-order valence-electron chi connectivity index (χ3n) is 5.16. The van der Waals surface area contributed by atoms with Crippen LogP contribution in [0, 0.1) is 10.1 Å². The van der Waals surface area contributed by atoms with Crippen molar-refractivity contribution >= 4 is 29.5 Å². The molecule has 0 atom stereocenters. The number of hydrogen-bond donors (Lipinski definition) is 1. The molecule has 1 spiro atoms. The molecule has 5 nitrogen and oxygen atoms in total. The number of hydrogen-bond acceptors (Lipinski definition) is 4. The van der Waals surface area contributed by atoms with Gasteiger partial charge in [0.25, 0.3) is 5.69 Å². The second-order valence-electron chi connectivity index (χ2n) is 6.38. The van der Waals surface area contributed by atoms with E-state index in [1.807, 2.05) is 18.2 Å². The third kappa shape index (κ3) is 2.54. The van der Waals surface area contributed by atoms with Crippen LogP contribution in [-0.4, -0.2) is 24.6 Å². The monoisotopic (exact) mass is 345 g/mol. The zero-order valence-corrected chi connectivity index (χ0v) is 14.1. The Labute approximate surface area is 147 Å². The van der Waals surface area contributed by atoms with Gasteiger partial charge in [-0.05, 0) is 43.6 Å². The second kappa shape index (κ2) is 6.42. The fourth-order valence-corrected chi connectivity index (χ4v) is 4.02. The van der Waals surface area contributed by atoms with Crippen LogP contribution in [0.3, 0.4) is 0 Å². The lowest BCUT2D eigenvalue weighted by atomic mass is 9.75. The molecule has 0 amide bonds. The lowest BCUT2D eigenvalue weighted by Gasteiger charge is -2.34. The summed E-state index contributed by atoms with van der Waals surface area (Å²) in [5, 5.41) is 14.9. The topological polar surface area (TPSA) is 58.4 Å². The van der Waals surface area contributed by atoms with Crippen LogP contribution < -0.4 is 10.2 Å². The van der Waals surface area contributed by atoms with Gasteiger partial charge in [0.05, 0.1) is 4.92 Å². The van der Waals surface area contributed by atoms with Crippen molar-refractivity contribution in [3.8, 4) is 0 Å². The molecule has 0 aromatic heterocycles. The molecule has 0 aliphatic carbocycles. The number of anilines is 2. The number of nitro groups is 1. The Hall–Kier alpha value is -2.11. The summed E-state index contributed by atoms with van der Waals surface area (Å²) in [6, 6.07) is 15.4. The van der Waals surface area contributed by atoms with Gasteiger partial charge in [0.2, 0.25) is 0 Å². The van der Waals surface area contributed by atoms with Gasteiger partial charge in [0.1, 0.15) is 5.69 Å². The van der Waals surface area contributed by atoms with Crippen molar-refractivity contribution in [2.24, 2.45) is 0 Å². The first-order chi connectivity index (χ1) is 11.2. The van der Waals surface area contributed by atoms with E-state index in [1.54, 1.807) is 12.1 Å². The van der Waals surface area contributed by atoms with Crippen molar-refractivity contribution in [2.75, 3.05) is 24.5 Å². The van der Waals surface area contributed by atoms with E-state index >= 15 is 0 Å². The molecule has 2 aliphatic rings. The fraction of sp³-hybridized carbons (Fsp3) is 0.333. The first-order valence-electron chi connectivity index (χ1n) is 8.02. The largest absolute Gasteiger partial charge is 0.335 e. The minimum atomic E-state index is -0.286. The summed E-state index contributed by atoms with van der Waals surface area (Å²) in [6.07, 6.45) is 2.14. The van der Waals surface area contributed by atoms with Gasteiger partial charge in [-0.15, -0.1) is 12.4 Å². The van der Waals surface area contributed by atoms with Crippen molar-refractivity contribution in [3.05, 3.63) is 64.2 Å². The quantitative estimate of drug-likeness (QED) is 0.664. The van der Waals surface area contributed by atoms with E-state index in [2.05, 4.69) is 28.4 Å². The molecule has 2 aliphatic heterocycles. The van der Waals surface area contributed by atoms with E-state index in [4.69, 9.17) is 0 Å². The highest BCUT2D eigenvalue weighted by Gasteiger charge is 2.44. The average Bonchev–Trinajstić information content (AvgIpc) is 2.90. The number of halogens is 1. The molecule has 2 heterocycles. The maximum absolute atomic E-state index is 11.4. The number of nitro benzene ring substituents is 1. The summed E-state index contributed by atoms with van der Waals surface area (Å²) in [5.41, 5.74) is 3.42. The van der Waals surface area contributed by atoms with Gasteiger partial charge in [-0.25, -0.2) is 0 Å². The minimum Gasteiger partial charge on any atom is -0.335 e. The summed E-state index contributed by atoms with van der Waals surface area (Å²) in [6.45, 7) is 2.82. The van der Waals surface area contributed by atoms with Gasteiger partial charge in [0, 0.05) is 23.7 Å². The summed E-state index contributed by atoms with van der Waals surface area (Å²) >= 11 is 0. The number of nitrogens with zero attached hydrogens (tertiary/aromatic N) is 2. The molecule has 1 fully saturated rings. The number of para-hydroxylation sites is 3. The first-order valence-corrected chi connectivity index (χ1v) is 8.02. The van der Waals surface area contributed by atoms with Crippen molar-refractivity contribution in [2.45, 2.75) is 18.3 Å². The lowest BCUT2D eigenvalue weighted by Crippen LogP contribution is -2.42. The highest BCUT2D eigenvalue weighted by molar-refractivity contribution is 5.85. The Kier molecular flexibility index (Phi) is 4.47. The smallest absolute Gasteiger partial charge is 0.292 e. The lowest BCUT2D eigenvalue weighted by molar-refractivity contribution is -0.384. The Morgan fingerprint density at radius 3 is 2.33 bits per heavy atom. The molecule has 0 radical (unpaired) electrons. The molecule has 0 bridgehead atoms. The van der Waals surface area contributed by atoms with E-state index in [0.29, 0.717) is 5.69 Å². The number of fused-ring (bicyclic) bond motifs is 2. The van der Waals surface area contributed by atoms with Gasteiger partial charge in [-0.1, -0.05) is 30.3 Å².